The van der Waals surface area contributed by atoms with Crippen LogP contribution in [0.4, 0.5) is 0 Å². The first-order chi connectivity index (χ1) is 12.1. The van der Waals surface area contributed by atoms with E-state index >= 15 is 0 Å². The fourth-order valence-electron chi connectivity index (χ4n) is 4.46. The molecule has 0 aliphatic heterocycles. The van der Waals surface area contributed by atoms with Gasteiger partial charge in [0.2, 0.25) is 0 Å². The lowest BCUT2D eigenvalue weighted by atomic mass is 9.58. The number of benzene rings is 2. The Labute approximate surface area is 149 Å². The Morgan fingerprint density at radius 1 is 1.16 bits per heavy atom. The second kappa shape index (κ2) is 6.18. The first kappa shape index (κ1) is 16.1. The summed E-state index contributed by atoms with van der Waals surface area (Å²) in [6.45, 7) is 4.95. The highest BCUT2D eigenvalue weighted by Gasteiger charge is 2.44. The third kappa shape index (κ3) is 2.90. The van der Waals surface area contributed by atoms with Gasteiger partial charge in [0.05, 0.1) is 0 Å². The van der Waals surface area contributed by atoms with Crippen LogP contribution in [0.5, 0.6) is 5.75 Å². The molecule has 128 valence electrons. The van der Waals surface area contributed by atoms with Crippen LogP contribution in [0.25, 0.3) is 0 Å². The van der Waals surface area contributed by atoms with Gasteiger partial charge >= 0.3 is 0 Å². The van der Waals surface area contributed by atoms with E-state index in [1.807, 2.05) is 18.2 Å². The number of carbonyl (C=O) groups excluding carboxylic acids is 1. The molecule has 2 aliphatic carbocycles. The number of hydrogen-bond donors (Lipinski definition) is 0. The van der Waals surface area contributed by atoms with Crippen molar-refractivity contribution in [1.82, 2.24) is 0 Å². The number of fused-ring (bicyclic) bond motifs is 3. The van der Waals surface area contributed by atoms with Gasteiger partial charge in [-0.2, -0.15) is 0 Å². The Balaban J connectivity index is 1.60. The largest absolute Gasteiger partial charge is 0.489 e. The third-order valence-corrected chi connectivity index (χ3v) is 5.92. The Kier molecular flexibility index (Phi) is 3.99. The van der Waals surface area contributed by atoms with Crippen LogP contribution in [0.1, 0.15) is 42.9 Å². The Bertz CT molecular complexity index is 821. The highest BCUT2D eigenvalue weighted by molar-refractivity contribution is 5.93. The molecule has 25 heavy (non-hydrogen) atoms. The van der Waals surface area contributed by atoms with E-state index in [1.54, 1.807) is 6.08 Å². The monoisotopic (exact) mass is 332 g/mol. The van der Waals surface area contributed by atoms with Crippen molar-refractivity contribution in [2.24, 2.45) is 11.3 Å². The van der Waals surface area contributed by atoms with Gasteiger partial charge < -0.3 is 4.74 Å². The van der Waals surface area contributed by atoms with Crippen LogP contribution < -0.4 is 4.74 Å². The topological polar surface area (TPSA) is 26.3 Å². The molecule has 0 spiro atoms. The number of aryl methyl sites for hydroxylation is 1. The fraction of sp³-hybridized carbons (Fsp3) is 0.348. The number of carbonyl (C=O) groups is 1. The highest BCUT2D eigenvalue weighted by Crippen LogP contribution is 2.52. The van der Waals surface area contributed by atoms with Gasteiger partial charge in [0.15, 0.2) is 5.78 Å². The lowest BCUT2D eigenvalue weighted by molar-refractivity contribution is -0.120. The van der Waals surface area contributed by atoms with Gasteiger partial charge in [-0.25, -0.2) is 0 Å². The average Bonchev–Trinajstić information content (AvgIpc) is 2.64. The van der Waals surface area contributed by atoms with Crippen molar-refractivity contribution in [2.75, 3.05) is 0 Å². The Hall–Kier alpha value is -2.35. The molecule has 4 rings (SSSR count). The van der Waals surface area contributed by atoms with Gasteiger partial charge in [0.1, 0.15) is 12.4 Å². The van der Waals surface area contributed by atoms with Crippen molar-refractivity contribution in [3.8, 4) is 5.75 Å². The molecular weight excluding hydrogens is 308 g/mol. The van der Waals surface area contributed by atoms with E-state index in [4.69, 9.17) is 4.74 Å². The summed E-state index contributed by atoms with van der Waals surface area (Å²) < 4.78 is 5.99. The number of allylic oxidation sites excluding steroid dienone is 2. The summed E-state index contributed by atoms with van der Waals surface area (Å²) >= 11 is 0. The Morgan fingerprint density at radius 2 is 1.96 bits per heavy atom. The molecule has 0 aromatic heterocycles. The molecule has 2 aliphatic rings. The van der Waals surface area contributed by atoms with Crippen LogP contribution in [-0.4, -0.2) is 5.78 Å². The van der Waals surface area contributed by atoms with Crippen molar-refractivity contribution in [3.05, 3.63) is 77.4 Å². The minimum absolute atomic E-state index is 0.0464. The fourth-order valence-corrected chi connectivity index (χ4v) is 4.46. The molecule has 0 fully saturated rings. The molecule has 2 heteroatoms. The van der Waals surface area contributed by atoms with Crippen LogP contribution in [0, 0.1) is 11.3 Å². The number of hydrogen-bond acceptors (Lipinski definition) is 2. The SMILES string of the molecule is CC1C(=O)C=C[C@]2(C)CCc3cc(OCc4ccccc4)ccc3C12. The van der Waals surface area contributed by atoms with E-state index < -0.39 is 0 Å². The van der Waals surface area contributed by atoms with Crippen LogP contribution in [0.15, 0.2) is 60.7 Å². The number of rotatable bonds is 3. The average molecular weight is 332 g/mol. The maximum absolute atomic E-state index is 12.2. The summed E-state index contributed by atoms with van der Waals surface area (Å²) in [5, 5.41) is 0. The quantitative estimate of drug-likeness (QED) is 0.784. The molecular formula is C23H24O2. The van der Waals surface area contributed by atoms with E-state index in [2.05, 4.69) is 50.3 Å². The normalized spacial score (nSPS) is 27.5. The van der Waals surface area contributed by atoms with Gasteiger partial charge in [-0.1, -0.05) is 56.3 Å². The van der Waals surface area contributed by atoms with Crippen LogP contribution in [0.3, 0.4) is 0 Å². The van der Waals surface area contributed by atoms with E-state index in [0.29, 0.717) is 6.61 Å². The zero-order valence-electron chi connectivity index (χ0n) is 14.9. The molecule has 2 aromatic rings. The van der Waals surface area contributed by atoms with Crippen LogP contribution in [0.2, 0.25) is 0 Å². The molecule has 0 heterocycles. The molecule has 2 nitrogen and oxygen atoms in total. The lowest BCUT2D eigenvalue weighted by Gasteiger charge is -2.45. The molecule has 0 radical (unpaired) electrons. The van der Waals surface area contributed by atoms with Gasteiger partial charge in [0.25, 0.3) is 0 Å². The lowest BCUT2D eigenvalue weighted by Crippen LogP contribution is -2.39. The molecule has 0 bridgehead atoms. The van der Waals surface area contributed by atoms with Crippen molar-refractivity contribution < 1.29 is 9.53 Å². The summed E-state index contributed by atoms with van der Waals surface area (Å²) in [5.41, 5.74) is 3.92. The second-order valence-corrected chi connectivity index (χ2v) is 7.64. The predicted octanol–water partition coefficient (Wildman–Crippen LogP) is 5.08. The van der Waals surface area contributed by atoms with Gasteiger partial charge in [-0.15, -0.1) is 0 Å². The summed E-state index contributed by atoms with van der Waals surface area (Å²) in [4.78, 5) is 12.2. The molecule has 0 amide bonds. The van der Waals surface area contributed by atoms with E-state index in [-0.39, 0.29) is 23.0 Å². The van der Waals surface area contributed by atoms with E-state index in [9.17, 15) is 4.79 Å². The summed E-state index contributed by atoms with van der Waals surface area (Å²) in [6.07, 6.45) is 6.06. The molecule has 0 saturated heterocycles. The van der Waals surface area contributed by atoms with Gasteiger partial charge in [-0.05, 0) is 53.2 Å². The molecule has 0 N–H and O–H groups in total. The van der Waals surface area contributed by atoms with Crippen molar-refractivity contribution in [3.63, 3.8) is 0 Å². The van der Waals surface area contributed by atoms with Crippen molar-refractivity contribution in [1.29, 1.82) is 0 Å². The molecule has 2 unspecified atom stereocenters. The number of ether oxygens (including phenoxy) is 1. The zero-order chi connectivity index (χ0) is 17.4. The van der Waals surface area contributed by atoms with Crippen LogP contribution >= 0.6 is 0 Å². The maximum Gasteiger partial charge on any atom is 0.158 e. The predicted molar refractivity (Wildman–Crippen MR) is 99.7 cm³/mol. The maximum atomic E-state index is 12.2. The summed E-state index contributed by atoms with van der Waals surface area (Å²) in [6, 6.07) is 16.6. The minimum Gasteiger partial charge on any atom is -0.489 e. The highest BCUT2D eigenvalue weighted by atomic mass is 16.5. The van der Waals surface area contributed by atoms with Gasteiger partial charge in [-0.3, -0.25) is 4.79 Å². The molecule has 3 atom stereocenters. The minimum atomic E-state index is 0.0464. The third-order valence-electron chi connectivity index (χ3n) is 5.92. The number of ketones is 1. The van der Waals surface area contributed by atoms with E-state index in [0.717, 1.165) is 18.6 Å². The Morgan fingerprint density at radius 3 is 2.76 bits per heavy atom. The first-order valence-corrected chi connectivity index (χ1v) is 9.09. The first-order valence-electron chi connectivity index (χ1n) is 9.09. The standard InChI is InChI=1S/C23H24O2/c1-16-21(24)11-13-23(2)12-10-18-14-19(8-9-20(18)22(16)23)25-15-17-6-4-3-5-7-17/h3-9,11,13-14,16,22H,10,12,15H2,1-2H3/t16?,22?,23-/m0/s1. The zero-order valence-corrected chi connectivity index (χ0v) is 14.9. The smallest absolute Gasteiger partial charge is 0.158 e. The van der Waals surface area contributed by atoms with Crippen molar-refractivity contribution >= 4 is 5.78 Å². The summed E-state index contributed by atoms with van der Waals surface area (Å²) in [7, 11) is 0. The van der Waals surface area contributed by atoms with Crippen LogP contribution in [-0.2, 0) is 17.8 Å². The molecule has 0 saturated carbocycles. The van der Waals surface area contributed by atoms with Gasteiger partial charge in [0, 0.05) is 11.8 Å². The van der Waals surface area contributed by atoms with Crippen molar-refractivity contribution in [2.45, 2.75) is 39.2 Å². The molecule has 2 aromatic carbocycles. The second-order valence-electron chi connectivity index (χ2n) is 7.64. The van der Waals surface area contributed by atoms with E-state index in [1.165, 1.54) is 16.7 Å². The summed E-state index contributed by atoms with van der Waals surface area (Å²) in [5.74, 6) is 1.48.